The molecule has 1 N–H and O–H groups in total. The molecule has 0 aliphatic heterocycles. The summed E-state index contributed by atoms with van der Waals surface area (Å²) in [6, 6.07) is 0. The van der Waals surface area contributed by atoms with Crippen LogP contribution in [-0.2, 0) is 9.53 Å². The molecule has 0 aromatic heterocycles. The molecule has 2 rings (SSSR count). The Hall–Kier alpha value is -0.570. The first-order valence-electron chi connectivity index (χ1n) is 6.37. The quantitative estimate of drug-likeness (QED) is 0.750. The van der Waals surface area contributed by atoms with Crippen LogP contribution in [0.2, 0.25) is 0 Å². The van der Waals surface area contributed by atoms with E-state index in [4.69, 9.17) is 4.74 Å². The van der Waals surface area contributed by atoms with Gasteiger partial charge in [-0.1, -0.05) is 13.8 Å². The number of rotatable bonds is 3. The van der Waals surface area contributed by atoms with E-state index < -0.39 is 5.60 Å². The predicted molar refractivity (Wildman–Crippen MR) is 60.8 cm³/mol. The Labute approximate surface area is 97.2 Å². The van der Waals surface area contributed by atoms with Crippen molar-refractivity contribution in [2.24, 2.45) is 17.8 Å². The van der Waals surface area contributed by atoms with Gasteiger partial charge in [0.05, 0.1) is 11.5 Å². The molecule has 0 spiro atoms. The van der Waals surface area contributed by atoms with Crippen molar-refractivity contribution in [3.05, 3.63) is 0 Å². The minimum atomic E-state index is -0.524. The first-order chi connectivity index (χ1) is 7.44. The van der Waals surface area contributed by atoms with E-state index in [1.165, 1.54) is 0 Å². The molecule has 5 unspecified atom stereocenters. The molecule has 3 heteroatoms. The molecule has 0 aromatic rings. The Bertz CT molecular complexity index is 285. The molecule has 2 bridgehead atoms. The summed E-state index contributed by atoms with van der Waals surface area (Å²) in [5, 5.41) is 10.1. The van der Waals surface area contributed by atoms with Gasteiger partial charge in [0.15, 0.2) is 0 Å². The summed E-state index contributed by atoms with van der Waals surface area (Å²) in [4.78, 5) is 11.7. The highest BCUT2D eigenvalue weighted by molar-refractivity contribution is 5.72. The van der Waals surface area contributed by atoms with Crippen LogP contribution in [0.3, 0.4) is 0 Å². The van der Waals surface area contributed by atoms with Crippen LogP contribution in [0.15, 0.2) is 0 Å². The van der Waals surface area contributed by atoms with E-state index in [9.17, 15) is 9.90 Å². The van der Waals surface area contributed by atoms with Crippen molar-refractivity contribution in [1.82, 2.24) is 0 Å². The number of hydrogen-bond acceptors (Lipinski definition) is 3. The van der Waals surface area contributed by atoms with E-state index in [1.54, 1.807) is 0 Å². The Morgan fingerprint density at radius 2 is 2.25 bits per heavy atom. The van der Waals surface area contributed by atoms with Gasteiger partial charge in [-0.3, -0.25) is 4.79 Å². The highest BCUT2D eigenvalue weighted by Crippen LogP contribution is 2.51. The maximum Gasteiger partial charge on any atom is 0.308 e. The van der Waals surface area contributed by atoms with Gasteiger partial charge < -0.3 is 9.84 Å². The first-order valence-corrected chi connectivity index (χ1v) is 6.37. The number of fused-ring (bicyclic) bond motifs is 2. The molecule has 0 aromatic carbocycles. The molecule has 2 saturated carbocycles. The van der Waals surface area contributed by atoms with Gasteiger partial charge >= 0.3 is 5.97 Å². The van der Waals surface area contributed by atoms with Crippen LogP contribution in [-0.4, -0.2) is 22.8 Å². The summed E-state index contributed by atoms with van der Waals surface area (Å²) in [7, 11) is 0. The fourth-order valence-corrected chi connectivity index (χ4v) is 3.08. The molecule has 2 fully saturated rings. The van der Waals surface area contributed by atoms with Gasteiger partial charge in [0.25, 0.3) is 0 Å². The number of esters is 1. The number of hydrogen-bond donors (Lipinski definition) is 1. The fraction of sp³-hybridized carbons (Fsp3) is 0.923. The van der Waals surface area contributed by atoms with Crippen molar-refractivity contribution in [2.75, 3.05) is 0 Å². The van der Waals surface area contributed by atoms with Crippen LogP contribution in [0, 0.1) is 17.8 Å². The van der Waals surface area contributed by atoms with Crippen LogP contribution < -0.4 is 0 Å². The molecule has 2 aliphatic rings. The van der Waals surface area contributed by atoms with Gasteiger partial charge in [-0.25, -0.2) is 0 Å². The van der Waals surface area contributed by atoms with Crippen molar-refractivity contribution >= 4 is 5.97 Å². The van der Waals surface area contributed by atoms with Gasteiger partial charge in [0.2, 0.25) is 0 Å². The molecule has 16 heavy (non-hydrogen) atoms. The van der Waals surface area contributed by atoms with Crippen molar-refractivity contribution in [3.63, 3.8) is 0 Å². The summed E-state index contributed by atoms with van der Waals surface area (Å²) in [5.41, 5.74) is -0.524. The SMILES string of the molecule is CCC(C)C(=O)OC1CC2CC1CC2(C)O. The number of carbonyl (C=O) groups is 1. The van der Waals surface area contributed by atoms with Crippen molar-refractivity contribution < 1.29 is 14.6 Å². The summed E-state index contributed by atoms with van der Waals surface area (Å²) >= 11 is 0. The summed E-state index contributed by atoms with van der Waals surface area (Å²) in [6.45, 7) is 5.81. The molecule has 5 atom stereocenters. The van der Waals surface area contributed by atoms with E-state index in [1.807, 2.05) is 20.8 Å². The second-order valence-corrected chi connectivity index (χ2v) is 5.77. The molecular formula is C13H22O3. The van der Waals surface area contributed by atoms with Crippen molar-refractivity contribution in [3.8, 4) is 0 Å². The smallest absolute Gasteiger partial charge is 0.308 e. The predicted octanol–water partition coefficient (Wildman–Crippen LogP) is 2.13. The van der Waals surface area contributed by atoms with Crippen molar-refractivity contribution in [1.29, 1.82) is 0 Å². The average molecular weight is 226 g/mol. The monoisotopic (exact) mass is 226 g/mol. The van der Waals surface area contributed by atoms with E-state index >= 15 is 0 Å². The van der Waals surface area contributed by atoms with Gasteiger partial charge in [0, 0.05) is 0 Å². The molecular weight excluding hydrogens is 204 g/mol. The van der Waals surface area contributed by atoms with E-state index in [2.05, 4.69) is 0 Å². The largest absolute Gasteiger partial charge is 0.462 e. The standard InChI is InChI=1S/C13H22O3/c1-4-8(2)12(14)16-11-6-10-5-9(11)7-13(10,3)15/h8-11,15H,4-7H2,1-3H3. The zero-order chi connectivity index (χ0) is 11.9. The third kappa shape index (κ3) is 1.97. The Balaban J connectivity index is 1.89. The minimum absolute atomic E-state index is 0.000336. The van der Waals surface area contributed by atoms with Crippen LogP contribution in [0.4, 0.5) is 0 Å². The molecule has 0 radical (unpaired) electrons. The molecule has 92 valence electrons. The minimum Gasteiger partial charge on any atom is -0.462 e. The maximum atomic E-state index is 11.7. The number of ether oxygens (including phenoxy) is 1. The molecule has 0 heterocycles. The lowest BCUT2D eigenvalue weighted by Crippen LogP contribution is -2.38. The van der Waals surface area contributed by atoms with Gasteiger partial charge in [-0.15, -0.1) is 0 Å². The second-order valence-electron chi connectivity index (χ2n) is 5.77. The Morgan fingerprint density at radius 1 is 1.56 bits per heavy atom. The van der Waals surface area contributed by atoms with E-state index in [-0.39, 0.29) is 18.0 Å². The zero-order valence-corrected chi connectivity index (χ0v) is 10.4. The topological polar surface area (TPSA) is 46.5 Å². The Kier molecular flexibility index (Phi) is 2.99. The zero-order valence-electron chi connectivity index (χ0n) is 10.4. The normalized spacial score (nSPS) is 43.4. The molecule has 0 amide bonds. The third-order valence-corrected chi connectivity index (χ3v) is 4.47. The van der Waals surface area contributed by atoms with Crippen LogP contribution in [0.25, 0.3) is 0 Å². The van der Waals surface area contributed by atoms with Gasteiger partial charge in [0.1, 0.15) is 6.10 Å². The molecule has 0 saturated heterocycles. The van der Waals surface area contributed by atoms with E-state index in [0.29, 0.717) is 11.8 Å². The lowest BCUT2D eigenvalue weighted by Gasteiger charge is -2.32. The lowest BCUT2D eigenvalue weighted by molar-refractivity contribution is -0.158. The van der Waals surface area contributed by atoms with Crippen LogP contribution >= 0.6 is 0 Å². The summed E-state index contributed by atoms with van der Waals surface area (Å²) in [5.74, 6) is 0.638. The van der Waals surface area contributed by atoms with E-state index in [0.717, 1.165) is 25.7 Å². The third-order valence-electron chi connectivity index (χ3n) is 4.47. The summed E-state index contributed by atoms with van der Waals surface area (Å²) in [6.07, 6.45) is 3.55. The van der Waals surface area contributed by atoms with Crippen molar-refractivity contribution in [2.45, 2.75) is 58.2 Å². The second kappa shape index (κ2) is 4.02. The lowest BCUT2D eigenvalue weighted by atomic mass is 9.84. The molecule has 2 aliphatic carbocycles. The Morgan fingerprint density at radius 3 is 2.69 bits per heavy atom. The molecule has 3 nitrogen and oxygen atoms in total. The number of carbonyl (C=O) groups excluding carboxylic acids is 1. The van der Waals surface area contributed by atoms with Gasteiger partial charge in [-0.2, -0.15) is 0 Å². The maximum absolute atomic E-state index is 11.7. The van der Waals surface area contributed by atoms with Crippen LogP contribution in [0.5, 0.6) is 0 Å². The number of aliphatic hydroxyl groups is 1. The highest BCUT2D eigenvalue weighted by Gasteiger charge is 2.53. The van der Waals surface area contributed by atoms with Gasteiger partial charge in [-0.05, 0) is 44.4 Å². The fourth-order valence-electron chi connectivity index (χ4n) is 3.08. The van der Waals surface area contributed by atoms with Crippen LogP contribution in [0.1, 0.15) is 46.5 Å². The first kappa shape index (κ1) is 11.9. The highest BCUT2D eigenvalue weighted by atomic mass is 16.5. The summed E-state index contributed by atoms with van der Waals surface area (Å²) < 4.78 is 5.54. The average Bonchev–Trinajstić information content (AvgIpc) is 2.72.